The summed E-state index contributed by atoms with van der Waals surface area (Å²) in [6, 6.07) is 18.6. The van der Waals surface area contributed by atoms with Gasteiger partial charge in [-0.05, 0) is 12.0 Å². The average molecular weight is 310 g/mol. The molecule has 0 amide bonds. The van der Waals surface area contributed by atoms with E-state index in [1.807, 2.05) is 24.3 Å². The van der Waals surface area contributed by atoms with Crippen LogP contribution in [-0.2, 0) is 25.4 Å². The van der Waals surface area contributed by atoms with Gasteiger partial charge < -0.3 is 14.2 Å². The summed E-state index contributed by atoms with van der Waals surface area (Å²) in [6.07, 6.45) is 0.532. The molecule has 3 nitrogen and oxygen atoms in total. The highest BCUT2D eigenvalue weighted by atomic mass is 16.8. The zero-order valence-electron chi connectivity index (χ0n) is 13.6. The van der Waals surface area contributed by atoms with Gasteiger partial charge in [-0.15, -0.1) is 0 Å². The van der Waals surface area contributed by atoms with Crippen molar-refractivity contribution in [3.05, 3.63) is 71.3 Å². The second-order valence-corrected chi connectivity index (χ2v) is 6.77. The summed E-state index contributed by atoms with van der Waals surface area (Å²) in [5.41, 5.74) is 3.09. The zero-order chi connectivity index (χ0) is 15.9. The van der Waals surface area contributed by atoms with Gasteiger partial charge >= 0.3 is 0 Å². The molecule has 2 aliphatic rings. The molecule has 0 N–H and O–H groups in total. The van der Waals surface area contributed by atoms with Crippen molar-refractivity contribution in [1.82, 2.24) is 0 Å². The summed E-state index contributed by atoms with van der Waals surface area (Å²) in [7, 11) is 0. The third-order valence-corrected chi connectivity index (χ3v) is 4.86. The Bertz CT molecular complexity index is 695. The third-order valence-electron chi connectivity index (χ3n) is 4.86. The normalized spacial score (nSPS) is 29.2. The average Bonchev–Trinajstić information content (AvgIpc) is 2.55. The number of hydrogen-bond acceptors (Lipinski definition) is 3. The van der Waals surface area contributed by atoms with Crippen molar-refractivity contribution in [3.63, 3.8) is 0 Å². The smallest absolute Gasteiger partial charge is 0.225 e. The van der Waals surface area contributed by atoms with Crippen LogP contribution >= 0.6 is 0 Å². The number of rotatable bonds is 1. The quantitative estimate of drug-likeness (QED) is 0.798. The maximum atomic E-state index is 6.50. The Hall–Kier alpha value is -1.68. The topological polar surface area (TPSA) is 27.7 Å². The van der Waals surface area contributed by atoms with Crippen molar-refractivity contribution < 1.29 is 14.2 Å². The Morgan fingerprint density at radius 2 is 1.57 bits per heavy atom. The van der Waals surface area contributed by atoms with E-state index >= 15 is 0 Å². The number of hydrogen-bond donors (Lipinski definition) is 0. The molecular formula is C20H22O3. The maximum Gasteiger partial charge on any atom is 0.225 e. The van der Waals surface area contributed by atoms with Gasteiger partial charge in [0.25, 0.3) is 0 Å². The van der Waals surface area contributed by atoms with E-state index in [1.54, 1.807) is 0 Å². The predicted octanol–water partition coefficient (Wildman–Crippen LogP) is 3.96. The Morgan fingerprint density at radius 3 is 2.35 bits per heavy atom. The molecule has 120 valence electrons. The highest BCUT2D eigenvalue weighted by Gasteiger charge is 2.52. The van der Waals surface area contributed by atoms with Crippen molar-refractivity contribution in [2.45, 2.75) is 37.8 Å². The maximum absolute atomic E-state index is 6.50. The van der Waals surface area contributed by atoms with Gasteiger partial charge in [-0.2, -0.15) is 0 Å². The first-order valence-electron chi connectivity index (χ1n) is 8.23. The number of fused-ring (bicyclic) bond motifs is 4. The van der Waals surface area contributed by atoms with E-state index in [0.29, 0.717) is 13.2 Å². The molecule has 0 spiro atoms. The first kappa shape index (κ1) is 14.9. The fourth-order valence-corrected chi connectivity index (χ4v) is 3.60. The minimum Gasteiger partial charge on any atom is -0.351 e. The summed E-state index contributed by atoms with van der Waals surface area (Å²) < 4.78 is 18.9. The molecule has 2 aliphatic heterocycles. The van der Waals surface area contributed by atoms with Crippen LogP contribution in [-0.4, -0.2) is 19.5 Å². The van der Waals surface area contributed by atoms with Gasteiger partial charge in [-0.3, -0.25) is 0 Å². The van der Waals surface area contributed by atoms with E-state index < -0.39 is 5.79 Å². The van der Waals surface area contributed by atoms with Gasteiger partial charge in [0.1, 0.15) is 0 Å². The first-order valence-corrected chi connectivity index (χ1v) is 8.23. The molecule has 0 saturated carbocycles. The molecule has 2 bridgehead atoms. The summed E-state index contributed by atoms with van der Waals surface area (Å²) >= 11 is 0. The van der Waals surface area contributed by atoms with Gasteiger partial charge in [0, 0.05) is 16.5 Å². The van der Waals surface area contributed by atoms with Crippen molar-refractivity contribution in [1.29, 1.82) is 0 Å². The van der Waals surface area contributed by atoms with Gasteiger partial charge in [-0.25, -0.2) is 0 Å². The molecule has 4 rings (SSSR count). The van der Waals surface area contributed by atoms with E-state index in [2.05, 4.69) is 44.2 Å². The standard InChI is InChI=1S/C20H22O3/c1-19(2)16-11-6-7-12-17(16)20(15-9-4-3-5-10-15)22-14-8-13-21-18(19)23-20/h3-7,9-12,18H,8,13-14H2,1-2H3/t18-,20+/m0/s1. The third kappa shape index (κ3) is 2.23. The lowest BCUT2D eigenvalue weighted by Gasteiger charge is -2.50. The van der Waals surface area contributed by atoms with Crippen LogP contribution in [0.25, 0.3) is 0 Å². The molecule has 0 radical (unpaired) electrons. The van der Waals surface area contributed by atoms with Crippen molar-refractivity contribution in [2.24, 2.45) is 0 Å². The Balaban J connectivity index is 1.98. The lowest BCUT2D eigenvalue weighted by Crippen LogP contribution is -2.53. The predicted molar refractivity (Wildman–Crippen MR) is 88.1 cm³/mol. The molecule has 1 saturated heterocycles. The van der Waals surface area contributed by atoms with Crippen molar-refractivity contribution >= 4 is 0 Å². The summed E-state index contributed by atoms with van der Waals surface area (Å²) in [4.78, 5) is 0. The van der Waals surface area contributed by atoms with Gasteiger partial charge in [0.05, 0.1) is 13.2 Å². The van der Waals surface area contributed by atoms with E-state index in [1.165, 1.54) is 5.56 Å². The lowest BCUT2D eigenvalue weighted by molar-refractivity contribution is -0.337. The van der Waals surface area contributed by atoms with Crippen LogP contribution in [0.1, 0.15) is 37.0 Å². The SMILES string of the molecule is CC1(C)c2ccccc2[C@]2(c3ccccc3)OCCCO[C@H]1O2. The summed E-state index contributed by atoms with van der Waals surface area (Å²) in [5.74, 6) is -0.890. The molecule has 1 fully saturated rings. The number of benzene rings is 2. The van der Waals surface area contributed by atoms with Gasteiger partial charge in [-0.1, -0.05) is 68.4 Å². The van der Waals surface area contributed by atoms with E-state index in [9.17, 15) is 0 Å². The molecule has 2 heterocycles. The lowest BCUT2D eigenvalue weighted by atomic mass is 9.75. The Kier molecular flexibility index (Phi) is 3.52. The molecule has 3 heteroatoms. The summed E-state index contributed by atoms with van der Waals surface area (Å²) in [5, 5.41) is 0. The van der Waals surface area contributed by atoms with Crippen molar-refractivity contribution in [2.75, 3.05) is 13.2 Å². The van der Waals surface area contributed by atoms with Crippen LogP contribution in [0.5, 0.6) is 0 Å². The Labute approximate surface area is 137 Å². The zero-order valence-corrected chi connectivity index (χ0v) is 13.6. The van der Waals surface area contributed by atoms with Crippen molar-refractivity contribution in [3.8, 4) is 0 Å². The van der Waals surface area contributed by atoms with Crippen LogP contribution in [0.3, 0.4) is 0 Å². The molecule has 2 aromatic carbocycles. The highest BCUT2D eigenvalue weighted by molar-refractivity contribution is 5.45. The fraction of sp³-hybridized carbons (Fsp3) is 0.400. The van der Waals surface area contributed by atoms with Crippen LogP contribution in [0.2, 0.25) is 0 Å². The highest BCUT2D eigenvalue weighted by Crippen LogP contribution is 2.49. The second-order valence-electron chi connectivity index (χ2n) is 6.77. The molecular weight excluding hydrogens is 288 g/mol. The largest absolute Gasteiger partial charge is 0.351 e. The minimum atomic E-state index is -0.890. The monoisotopic (exact) mass is 310 g/mol. The minimum absolute atomic E-state index is 0.227. The molecule has 2 atom stereocenters. The molecule has 0 aliphatic carbocycles. The molecule has 0 aromatic heterocycles. The van der Waals surface area contributed by atoms with Crippen LogP contribution in [0.15, 0.2) is 54.6 Å². The Morgan fingerprint density at radius 1 is 0.870 bits per heavy atom. The van der Waals surface area contributed by atoms with Crippen LogP contribution < -0.4 is 0 Å². The van der Waals surface area contributed by atoms with Crippen LogP contribution in [0, 0.1) is 0 Å². The van der Waals surface area contributed by atoms with Gasteiger partial charge in [0.2, 0.25) is 5.79 Å². The van der Waals surface area contributed by atoms with E-state index in [0.717, 1.165) is 17.5 Å². The van der Waals surface area contributed by atoms with E-state index in [4.69, 9.17) is 14.2 Å². The van der Waals surface area contributed by atoms with Gasteiger partial charge in [0.15, 0.2) is 6.29 Å². The van der Waals surface area contributed by atoms with E-state index in [-0.39, 0.29) is 11.7 Å². The fourth-order valence-electron chi connectivity index (χ4n) is 3.60. The van der Waals surface area contributed by atoms with Crippen LogP contribution in [0.4, 0.5) is 0 Å². The molecule has 23 heavy (non-hydrogen) atoms. The summed E-state index contributed by atoms with van der Waals surface area (Å²) in [6.45, 7) is 5.61. The molecule has 2 aromatic rings. The first-order chi connectivity index (χ1) is 11.1. The number of ether oxygens (including phenoxy) is 3. The molecule has 0 unspecified atom stereocenters. The second kappa shape index (κ2) is 5.45.